The van der Waals surface area contributed by atoms with Crippen LogP contribution in [0.1, 0.15) is 11.1 Å². The molecule has 8 nitrogen and oxygen atoms in total. The van der Waals surface area contributed by atoms with Crippen LogP contribution >= 0.6 is 23.2 Å². The molecule has 0 amide bonds. The van der Waals surface area contributed by atoms with Crippen LogP contribution < -0.4 is 0 Å². The van der Waals surface area contributed by atoms with Gasteiger partial charge in [-0.25, -0.2) is 20.1 Å². The van der Waals surface area contributed by atoms with Gasteiger partial charge in [-0.1, -0.05) is 35.3 Å². The highest BCUT2D eigenvalue weighted by Gasteiger charge is 2.28. The highest BCUT2D eigenvalue weighted by atomic mass is 35.5. The number of rotatable bonds is 5. The number of nitro groups is 1. The van der Waals surface area contributed by atoms with Gasteiger partial charge < -0.3 is 9.80 Å². The summed E-state index contributed by atoms with van der Waals surface area (Å²) in [6.45, 7) is 1.62. The molecule has 3 heterocycles. The van der Waals surface area contributed by atoms with Crippen molar-refractivity contribution < 1.29 is 5.03 Å². The van der Waals surface area contributed by atoms with E-state index in [9.17, 15) is 10.1 Å². The third-order valence-electron chi connectivity index (χ3n) is 3.68. The van der Waals surface area contributed by atoms with Crippen LogP contribution in [0.5, 0.6) is 0 Å². The largest absolute Gasteiger partial charge is 0.331 e. The fourth-order valence-corrected chi connectivity index (χ4v) is 2.70. The summed E-state index contributed by atoms with van der Waals surface area (Å²) in [5, 5.41) is 14.6. The van der Waals surface area contributed by atoms with Crippen molar-refractivity contribution in [2.45, 2.75) is 6.54 Å². The van der Waals surface area contributed by atoms with Crippen molar-refractivity contribution in [3.05, 3.63) is 74.4 Å². The molecule has 0 aromatic carbocycles. The standard InChI is InChI=1S/C16H14Cl2N6O2/c17-14-3-1-12(9-19-14)5-6-22-7-8-23(16(22)21-24(25)26)11-13-2-4-15(18)20-10-13/h1-6,9-10H,7-8,11H2/b6-5+,21-16+. The quantitative estimate of drug-likeness (QED) is 0.441. The molecule has 2 aromatic rings. The second-order valence-electron chi connectivity index (χ2n) is 5.47. The minimum atomic E-state index is -0.696. The monoisotopic (exact) mass is 392 g/mol. The van der Waals surface area contributed by atoms with E-state index in [1.807, 2.05) is 17.0 Å². The number of hydrazone groups is 1. The van der Waals surface area contributed by atoms with Crippen molar-refractivity contribution in [3.8, 4) is 0 Å². The summed E-state index contributed by atoms with van der Waals surface area (Å²) in [6.07, 6.45) is 6.81. The summed E-state index contributed by atoms with van der Waals surface area (Å²) >= 11 is 11.6. The molecule has 1 aliphatic rings. The van der Waals surface area contributed by atoms with Gasteiger partial charge in [0.25, 0.3) is 5.96 Å². The van der Waals surface area contributed by atoms with E-state index in [1.54, 1.807) is 41.7 Å². The molecule has 3 rings (SSSR count). The van der Waals surface area contributed by atoms with E-state index in [2.05, 4.69) is 15.1 Å². The average Bonchev–Trinajstić information content (AvgIpc) is 2.97. The van der Waals surface area contributed by atoms with E-state index in [-0.39, 0.29) is 5.96 Å². The first kappa shape index (κ1) is 18.1. The molecule has 26 heavy (non-hydrogen) atoms. The van der Waals surface area contributed by atoms with Gasteiger partial charge in [0.15, 0.2) is 5.03 Å². The summed E-state index contributed by atoms with van der Waals surface area (Å²) in [5.74, 6) is 0.267. The molecule has 1 aliphatic heterocycles. The third kappa shape index (κ3) is 4.68. The average molecular weight is 393 g/mol. The predicted octanol–water partition coefficient (Wildman–Crippen LogP) is 3.12. The molecule has 0 radical (unpaired) electrons. The van der Waals surface area contributed by atoms with E-state index in [0.717, 1.165) is 11.1 Å². The van der Waals surface area contributed by atoms with Crippen LogP contribution in [-0.2, 0) is 6.54 Å². The van der Waals surface area contributed by atoms with Gasteiger partial charge in [0, 0.05) is 38.2 Å². The number of nitrogens with zero attached hydrogens (tertiary/aromatic N) is 6. The van der Waals surface area contributed by atoms with E-state index >= 15 is 0 Å². The molecule has 1 fully saturated rings. The fraction of sp³-hybridized carbons (Fsp3) is 0.188. The lowest BCUT2D eigenvalue weighted by atomic mass is 10.3. The number of aromatic nitrogens is 2. The van der Waals surface area contributed by atoms with Crippen LogP contribution in [0.3, 0.4) is 0 Å². The van der Waals surface area contributed by atoms with Crippen molar-refractivity contribution in [2.24, 2.45) is 5.10 Å². The summed E-state index contributed by atoms with van der Waals surface area (Å²) in [7, 11) is 0. The molecule has 0 bridgehead atoms. The molecular weight excluding hydrogens is 379 g/mol. The Morgan fingerprint density at radius 1 is 1.15 bits per heavy atom. The van der Waals surface area contributed by atoms with E-state index in [4.69, 9.17) is 23.2 Å². The summed E-state index contributed by atoms with van der Waals surface area (Å²) < 4.78 is 0. The van der Waals surface area contributed by atoms with Gasteiger partial charge >= 0.3 is 0 Å². The Labute approximate surface area is 159 Å². The number of hydrogen-bond acceptors (Lipinski definition) is 4. The molecule has 0 N–H and O–H groups in total. The van der Waals surface area contributed by atoms with Gasteiger partial charge in [-0.2, -0.15) is 0 Å². The van der Waals surface area contributed by atoms with Crippen LogP contribution in [0.2, 0.25) is 10.3 Å². The molecule has 0 atom stereocenters. The van der Waals surface area contributed by atoms with Crippen molar-refractivity contribution >= 4 is 35.2 Å². The van der Waals surface area contributed by atoms with Gasteiger partial charge in [0.2, 0.25) is 0 Å². The third-order valence-corrected chi connectivity index (χ3v) is 4.13. The Hall–Kier alpha value is -2.71. The molecule has 0 aliphatic carbocycles. The fourth-order valence-electron chi connectivity index (χ4n) is 2.48. The SMILES string of the molecule is O=[N+]([O-])/N=C1\N(/C=C/c2ccc(Cl)nc2)CCN1Cc1ccc(Cl)nc1. The molecule has 1 saturated heterocycles. The van der Waals surface area contributed by atoms with Gasteiger partial charge in [0.1, 0.15) is 15.4 Å². The van der Waals surface area contributed by atoms with E-state index in [1.165, 1.54) is 0 Å². The Bertz CT molecular complexity index is 839. The second kappa shape index (κ2) is 8.11. The topological polar surface area (TPSA) is 87.8 Å². The number of guanidine groups is 1. The second-order valence-corrected chi connectivity index (χ2v) is 6.25. The number of hydrogen-bond donors (Lipinski definition) is 0. The van der Waals surface area contributed by atoms with Gasteiger partial charge in [-0.3, -0.25) is 0 Å². The summed E-state index contributed by atoms with van der Waals surface area (Å²) in [5.41, 5.74) is 1.72. The molecular formula is C16H14Cl2N6O2. The highest BCUT2D eigenvalue weighted by molar-refractivity contribution is 6.29. The van der Waals surface area contributed by atoms with Crippen LogP contribution in [0.15, 0.2) is 48.0 Å². The van der Waals surface area contributed by atoms with Crippen LogP contribution in [-0.4, -0.2) is 43.8 Å². The van der Waals surface area contributed by atoms with Crippen LogP contribution in [0.4, 0.5) is 0 Å². The van der Waals surface area contributed by atoms with Crippen molar-refractivity contribution in [1.82, 2.24) is 19.8 Å². The first-order valence-corrected chi connectivity index (χ1v) is 8.41. The maximum atomic E-state index is 10.9. The zero-order valence-corrected chi connectivity index (χ0v) is 15.0. The molecule has 0 saturated carbocycles. The smallest absolute Gasteiger partial charge is 0.278 e. The van der Waals surface area contributed by atoms with Crippen molar-refractivity contribution in [3.63, 3.8) is 0 Å². The van der Waals surface area contributed by atoms with Crippen LogP contribution in [0.25, 0.3) is 6.08 Å². The molecule has 0 spiro atoms. The van der Waals surface area contributed by atoms with Gasteiger partial charge in [-0.05, 0) is 29.3 Å². The minimum absolute atomic E-state index is 0.267. The van der Waals surface area contributed by atoms with Crippen LogP contribution in [0, 0.1) is 10.1 Å². The summed E-state index contributed by atoms with van der Waals surface area (Å²) in [4.78, 5) is 22.5. The Morgan fingerprint density at radius 2 is 1.88 bits per heavy atom. The lowest BCUT2D eigenvalue weighted by Crippen LogP contribution is -2.31. The predicted molar refractivity (Wildman–Crippen MR) is 99.1 cm³/mol. The summed E-state index contributed by atoms with van der Waals surface area (Å²) in [6, 6.07) is 7.00. The number of pyridine rings is 2. The molecule has 0 unspecified atom stereocenters. The lowest BCUT2D eigenvalue weighted by Gasteiger charge is -2.18. The maximum Gasteiger partial charge on any atom is 0.278 e. The lowest BCUT2D eigenvalue weighted by molar-refractivity contribution is -0.486. The highest BCUT2D eigenvalue weighted by Crippen LogP contribution is 2.16. The zero-order valence-electron chi connectivity index (χ0n) is 13.5. The Morgan fingerprint density at radius 3 is 2.50 bits per heavy atom. The zero-order chi connectivity index (χ0) is 18.5. The first-order chi connectivity index (χ1) is 12.5. The Kier molecular flexibility index (Phi) is 5.65. The first-order valence-electron chi connectivity index (χ1n) is 7.66. The van der Waals surface area contributed by atoms with E-state index in [0.29, 0.717) is 29.9 Å². The molecule has 2 aromatic heterocycles. The van der Waals surface area contributed by atoms with Crippen molar-refractivity contribution in [1.29, 1.82) is 0 Å². The Balaban J connectivity index is 1.77. The maximum absolute atomic E-state index is 10.9. The van der Waals surface area contributed by atoms with Gasteiger partial charge in [0.05, 0.1) is 0 Å². The van der Waals surface area contributed by atoms with E-state index < -0.39 is 5.03 Å². The normalized spacial score (nSPS) is 16.0. The number of halogens is 2. The molecule has 10 heteroatoms. The van der Waals surface area contributed by atoms with Gasteiger partial charge in [-0.15, -0.1) is 0 Å². The van der Waals surface area contributed by atoms with Crippen molar-refractivity contribution in [2.75, 3.05) is 13.1 Å². The minimum Gasteiger partial charge on any atom is -0.331 e. The molecule has 134 valence electrons.